The summed E-state index contributed by atoms with van der Waals surface area (Å²) in [4.78, 5) is 13.2. The molecule has 0 spiro atoms. The quantitative estimate of drug-likeness (QED) is 0.218. The van der Waals surface area contributed by atoms with E-state index < -0.39 is 39.8 Å². The van der Waals surface area contributed by atoms with Gasteiger partial charge in [-0.25, -0.2) is 13.1 Å². The third kappa shape index (κ3) is 5.58. The van der Waals surface area contributed by atoms with Gasteiger partial charge in [-0.2, -0.15) is 0 Å². The predicted octanol–water partition coefficient (Wildman–Crippen LogP) is 2.05. The fourth-order valence-electron chi connectivity index (χ4n) is 5.98. The van der Waals surface area contributed by atoms with E-state index in [4.69, 9.17) is 24.7 Å². The molecule has 3 aliphatic rings. The Kier molecular flexibility index (Phi) is 8.41. The number of hydrogen-bond acceptors (Lipinski definition) is 10. The van der Waals surface area contributed by atoms with Crippen LogP contribution in [0.2, 0.25) is 0 Å². The minimum absolute atomic E-state index is 0.0251. The Hall–Kier alpha value is -3.06. The van der Waals surface area contributed by atoms with Gasteiger partial charge in [0.25, 0.3) is 0 Å². The summed E-state index contributed by atoms with van der Waals surface area (Å²) in [6, 6.07) is 6.46. The van der Waals surface area contributed by atoms with E-state index in [0.717, 1.165) is 36.9 Å². The van der Waals surface area contributed by atoms with Gasteiger partial charge in [0.2, 0.25) is 16.8 Å². The van der Waals surface area contributed by atoms with E-state index >= 15 is 0 Å². The SMILES string of the molecule is COc1cc(C2c3cc4c(cc3[C@@H](NS(=O)(=O)CCNCCCCCN)[C@H]3COC(=O)[C@H]23)OCO4)cc(C)c1O. The average molecular weight is 576 g/mol. The number of nitrogens with one attached hydrogen (secondary N) is 2. The number of unbranched alkanes of at least 4 members (excludes halogenated alkanes) is 2. The van der Waals surface area contributed by atoms with Crippen LogP contribution in [-0.4, -0.2) is 65.4 Å². The molecule has 11 nitrogen and oxygen atoms in total. The van der Waals surface area contributed by atoms with E-state index in [1.807, 2.05) is 12.1 Å². The first-order chi connectivity index (χ1) is 19.2. The van der Waals surface area contributed by atoms with Gasteiger partial charge in [-0.3, -0.25) is 4.79 Å². The number of carbonyl (C=O) groups excluding carboxylic acids is 1. The third-order valence-corrected chi connectivity index (χ3v) is 9.32. The zero-order valence-electron chi connectivity index (χ0n) is 22.8. The molecule has 0 saturated carbocycles. The summed E-state index contributed by atoms with van der Waals surface area (Å²) < 4.78 is 51.7. The Morgan fingerprint density at radius 1 is 1.05 bits per heavy atom. The van der Waals surface area contributed by atoms with Crippen LogP contribution < -0.4 is 30.0 Å². The minimum Gasteiger partial charge on any atom is -0.504 e. The van der Waals surface area contributed by atoms with E-state index in [-0.39, 0.29) is 24.9 Å². The molecular formula is C28H37N3O8S. The maximum Gasteiger partial charge on any atom is 0.310 e. The molecule has 218 valence electrons. The number of carbonyl (C=O) groups is 1. The van der Waals surface area contributed by atoms with Crippen molar-refractivity contribution in [2.75, 3.05) is 45.9 Å². The van der Waals surface area contributed by atoms with Crippen LogP contribution in [-0.2, 0) is 19.6 Å². The molecule has 0 bridgehead atoms. The van der Waals surface area contributed by atoms with Crippen molar-refractivity contribution in [3.05, 3.63) is 46.5 Å². The lowest BCUT2D eigenvalue weighted by Gasteiger charge is -2.39. The van der Waals surface area contributed by atoms with Crippen molar-refractivity contribution in [1.29, 1.82) is 0 Å². The molecule has 2 heterocycles. The van der Waals surface area contributed by atoms with Gasteiger partial charge in [0.05, 0.1) is 31.4 Å². The van der Waals surface area contributed by atoms with Crippen molar-refractivity contribution in [1.82, 2.24) is 10.0 Å². The van der Waals surface area contributed by atoms with E-state index in [9.17, 15) is 18.3 Å². The molecule has 40 heavy (non-hydrogen) atoms. The standard InChI is InChI=1S/C28H37N3O8S/c1-16-10-17(11-23(36-2)27(16)32)24-18-12-21-22(39-15-38-21)13-19(18)26(20-14-37-28(33)25(20)24)31-40(34,35)9-8-30-7-5-3-4-6-29/h10-13,20,24-26,30-32H,3-9,14-15,29H2,1-2H3/t20-,24?,25-,26+/m0/s1. The zero-order chi connectivity index (χ0) is 28.4. The topological polar surface area (TPSA) is 158 Å². The van der Waals surface area contributed by atoms with Crippen molar-refractivity contribution in [2.45, 2.75) is 38.1 Å². The summed E-state index contributed by atoms with van der Waals surface area (Å²) in [5.74, 6) is -0.736. The maximum atomic E-state index is 13.3. The molecule has 1 aliphatic carbocycles. The summed E-state index contributed by atoms with van der Waals surface area (Å²) in [7, 11) is -2.25. The van der Waals surface area contributed by atoms with Crippen LogP contribution in [0.1, 0.15) is 53.5 Å². The highest BCUT2D eigenvalue weighted by atomic mass is 32.2. The zero-order valence-corrected chi connectivity index (χ0v) is 23.6. The molecule has 1 fully saturated rings. The first-order valence-corrected chi connectivity index (χ1v) is 15.3. The average Bonchev–Trinajstić information content (AvgIpc) is 3.55. The molecule has 5 rings (SSSR count). The highest BCUT2D eigenvalue weighted by Crippen LogP contribution is 2.55. The lowest BCUT2D eigenvalue weighted by atomic mass is 9.65. The van der Waals surface area contributed by atoms with E-state index in [2.05, 4.69) is 10.0 Å². The molecule has 2 aromatic rings. The van der Waals surface area contributed by atoms with Crippen LogP contribution in [0.15, 0.2) is 24.3 Å². The smallest absolute Gasteiger partial charge is 0.310 e. The van der Waals surface area contributed by atoms with Crippen LogP contribution in [0.25, 0.3) is 0 Å². The number of fused-ring (bicyclic) bond motifs is 3. The molecular weight excluding hydrogens is 538 g/mol. The Balaban J connectivity index is 1.49. The Morgan fingerprint density at radius 3 is 2.52 bits per heavy atom. The normalized spacial score (nSPS) is 23.0. The molecule has 2 aromatic carbocycles. The summed E-state index contributed by atoms with van der Waals surface area (Å²) in [5.41, 5.74) is 8.31. The van der Waals surface area contributed by atoms with Crippen molar-refractivity contribution in [3.63, 3.8) is 0 Å². The van der Waals surface area contributed by atoms with Gasteiger partial charge >= 0.3 is 5.97 Å². The van der Waals surface area contributed by atoms with E-state index in [1.54, 1.807) is 19.1 Å². The predicted molar refractivity (Wildman–Crippen MR) is 147 cm³/mol. The summed E-state index contributed by atoms with van der Waals surface area (Å²) in [6.45, 7) is 3.56. The molecule has 0 amide bonds. The second-order valence-electron chi connectivity index (χ2n) is 10.5. The van der Waals surface area contributed by atoms with Gasteiger partial charge in [0.15, 0.2) is 23.0 Å². The van der Waals surface area contributed by atoms with Gasteiger partial charge in [-0.05, 0) is 73.3 Å². The Morgan fingerprint density at radius 2 is 1.80 bits per heavy atom. The monoisotopic (exact) mass is 575 g/mol. The number of hydrogen-bond donors (Lipinski definition) is 4. The van der Waals surface area contributed by atoms with Crippen LogP contribution in [0.3, 0.4) is 0 Å². The highest BCUT2D eigenvalue weighted by Gasteiger charge is 2.53. The number of ether oxygens (including phenoxy) is 4. The second kappa shape index (κ2) is 11.8. The number of cyclic esters (lactones) is 1. The van der Waals surface area contributed by atoms with Crippen molar-refractivity contribution >= 4 is 16.0 Å². The van der Waals surface area contributed by atoms with Gasteiger partial charge in [0, 0.05) is 18.4 Å². The van der Waals surface area contributed by atoms with Gasteiger partial charge in [0.1, 0.15) is 0 Å². The fourth-order valence-corrected chi connectivity index (χ4v) is 7.20. The van der Waals surface area contributed by atoms with E-state index in [0.29, 0.717) is 41.5 Å². The number of benzene rings is 2. The van der Waals surface area contributed by atoms with Gasteiger partial charge < -0.3 is 35.1 Å². The third-order valence-electron chi connectivity index (χ3n) is 7.97. The number of aromatic hydroxyl groups is 1. The lowest BCUT2D eigenvalue weighted by Crippen LogP contribution is -2.44. The molecule has 1 saturated heterocycles. The van der Waals surface area contributed by atoms with Crippen molar-refractivity contribution in [2.24, 2.45) is 17.6 Å². The number of phenolic OH excluding ortho intramolecular Hbond substituents is 1. The Labute approximate surface area is 234 Å². The lowest BCUT2D eigenvalue weighted by molar-refractivity contribution is -0.141. The number of nitrogens with two attached hydrogens (primary N) is 1. The molecule has 5 N–H and O–H groups in total. The largest absolute Gasteiger partial charge is 0.504 e. The molecule has 1 unspecified atom stereocenters. The first-order valence-electron chi connectivity index (χ1n) is 13.6. The first kappa shape index (κ1) is 28.5. The Bertz CT molecular complexity index is 1370. The van der Waals surface area contributed by atoms with E-state index in [1.165, 1.54) is 7.11 Å². The van der Waals surface area contributed by atoms with Crippen LogP contribution in [0, 0.1) is 18.8 Å². The number of aryl methyl sites for hydroxylation is 1. The highest BCUT2D eigenvalue weighted by molar-refractivity contribution is 7.89. The fraction of sp³-hybridized carbons (Fsp3) is 0.536. The number of phenols is 1. The molecule has 4 atom stereocenters. The summed E-state index contributed by atoms with van der Waals surface area (Å²) in [5, 5.41) is 13.6. The molecule has 12 heteroatoms. The number of esters is 1. The maximum absolute atomic E-state index is 13.3. The minimum atomic E-state index is -3.72. The summed E-state index contributed by atoms with van der Waals surface area (Å²) in [6.07, 6.45) is 2.87. The number of sulfonamides is 1. The van der Waals surface area contributed by atoms with Crippen LogP contribution in [0.4, 0.5) is 0 Å². The number of methoxy groups -OCH3 is 1. The molecule has 2 aliphatic heterocycles. The molecule has 0 aromatic heterocycles. The van der Waals surface area contributed by atoms with Gasteiger partial charge in [-0.1, -0.05) is 12.5 Å². The van der Waals surface area contributed by atoms with Crippen LogP contribution in [0.5, 0.6) is 23.0 Å². The van der Waals surface area contributed by atoms with Crippen LogP contribution >= 0.6 is 0 Å². The number of rotatable bonds is 12. The summed E-state index contributed by atoms with van der Waals surface area (Å²) >= 11 is 0. The second-order valence-corrected chi connectivity index (χ2v) is 12.4. The van der Waals surface area contributed by atoms with Crippen molar-refractivity contribution < 1.29 is 37.3 Å². The van der Waals surface area contributed by atoms with Gasteiger partial charge in [-0.15, -0.1) is 0 Å². The van der Waals surface area contributed by atoms with Crippen molar-refractivity contribution in [3.8, 4) is 23.0 Å². The molecule has 0 radical (unpaired) electrons.